The van der Waals surface area contributed by atoms with E-state index in [2.05, 4.69) is 4.90 Å². The van der Waals surface area contributed by atoms with Gasteiger partial charge in [-0.2, -0.15) is 0 Å². The van der Waals surface area contributed by atoms with E-state index in [1.807, 2.05) is 0 Å². The molecule has 1 saturated heterocycles. The van der Waals surface area contributed by atoms with Gasteiger partial charge in [0.1, 0.15) is 0 Å². The van der Waals surface area contributed by atoms with Crippen LogP contribution in [0.15, 0.2) is 24.3 Å². The summed E-state index contributed by atoms with van der Waals surface area (Å²) in [7, 11) is 0. The summed E-state index contributed by atoms with van der Waals surface area (Å²) in [5, 5.41) is 10.8. The summed E-state index contributed by atoms with van der Waals surface area (Å²) in [6.07, 6.45) is 4.81. The Bertz CT molecular complexity index is 417. The summed E-state index contributed by atoms with van der Waals surface area (Å²) in [5.41, 5.74) is 0.0421. The average molecular weight is 264 g/mol. The van der Waals surface area contributed by atoms with Gasteiger partial charge < -0.3 is 9.64 Å². The summed E-state index contributed by atoms with van der Waals surface area (Å²) >= 11 is 0. The normalized spacial score (nSPS) is 16.2. The molecule has 2 rings (SSSR count). The first-order valence-corrected chi connectivity index (χ1v) is 6.86. The summed E-state index contributed by atoms with van der Waals surface area (Å²) in [6.45, 7) is 3.89. The summed E-state index contributed by atoms with van der Waals surface area (Å²) in [4.78, 5) is 12.9. The Morgan fingerprint density at radius 1 is 1.21 bits per heavy atom. The van der Waals surface area contributed by atoms with Crippen molar-refractivity contribution in [1.29, 1.82) is 0 Å². The van der Waals surface area contributed by atoms with Crippen molar-refractivity contribution < 1.29 is 9.66 Å². The van der Waals surface area contributed by atoms with Crippen molar-refractivity contribution in [3.05, 3.63) is 34.4 Å². The molecule has 1 aromatic rings. The van der Waals surface area contributed by atoms with Crippen LogP contribution in [-0.4, -0.2) is 36.1 Å². The second kappa shape index (κ2) is 7.09. The predicted molar refractivity (Wildman–Crippen MR) is 73.5 cm³/mol. The molecule has 5 heteroatoms. The quantitative estimate of drug-likeness (QED) is 0.450. The molecule has 104 valence electrons. The van der Waals surface area contributed by atoms with Crippen molar-refractivity contribution in [3.63, 3.8) is 0 Å². The fourth-order valence-electron chi connectivity index (χ4n) is 2.38. The fraction of sp³-hybridized carbons (Fsp3) is 0.571. The number of nitro groups is 1. The highest BCUT2D eigenvalue weighted by molar-refractivity contribution is 5.45. The van der Waals surface area contributed by atoms with Crippen LogP contribution in [0.25, 0.3) is 0 Å². The maximum atomic E-state index is 10.8. The standard InChI is InChI=1S/C14H20N2O3/c17-16(18)13-7-2-3-8-14(13)19-12-6-11-15-9-4-1-5-10-15/h2-3,7-8H,1,4-6,9-12H2. The summed E-state index contributed by atoms with van der Waals surface area (Å²) in [5.74, 6) is 0.367. The van der Waals surface area contributed by atoms with E-state index in [0.717, 1.165) is 13.0 Å². The molecule has 0 N–H and O–H groups in total. The number of rotatable bonds is 6. The van der Waals surface area contributed by atoms with Crippen LogP contribution in [-0.2, 0) is 0 Å². The smallest absolute Gasteiger partial charge is 0.310 e. The van der Waals surface area contributed by atoms with Crippen LogP contribution < -0.4 is 4.74 Å². The van der Waals surface area contributed by atoms with Crippen LogP contribution in [0.3, 0.4) is 0 Å². The van der Waals surface area contributed by atoms with Crippen molar-refractivity contribution in [2.24, 2.45) is 0 Å². The molecule has 0 spiro atoms. The highest BCUT2D eigenvalue weighted by atomic mass is 16.6. The zero-order valence-corrected chi connectivity index (χ0v) is 11.1. The van der Waals surface area contributed by atoms with Crippen molar-refractivity contribution in [3.8, 4) is 5.75 Å². The summed E-state index contributed by atoms with van der Waals surface area (Å²) < 4.78 is 5.52. The van der Waals surface area contributed by atoms with E-state index in [1.54, 1.807) is 18.2 Å². The Balaban J connectivity index is 1.74. The molecule has 0 amide bonds. The summed E-state index contributed by atoms with van der Waals surface area (Å²) in [6, 6.07) is 6.53. The van der Waals surface area contributed by atoms with Crippen LogP contribution in [0.4, 0.5) is 5.69 Å². The topological polar surface area (TPSA) is 55.6 Å². The molecule has 5 nitrogen and oxygen atoms in total. The molecule has 1 aliphatic rings. The minimum atomic E-state index is -0.403. The van der Waals surface area contributed by atoms with E-state index in [-0.39, 0.29) is 5.69 Å². The Morgan fingerprint density at radius 3 is 2.68 bits per heavy atom. The number of nitrogens with zero attached hydrogens (tertiary/aromatic N) is 2. The molecule has 1 fully saturated rings. The Hall–Kier alpha value is -1.62. The number of likely N-dealkylation sites (tertiary alicyclic amines) is 1. The van der Waals surface area contributed by atoms with Gasteiger partial charge in [0, 0.05) is 12.6 Å². The highest BCUT2D eigenvalue weighted by Crippen LogP contribution is 2.25. The molecule has 1 aromatic carbocycles. The van der Waals surface area contributed by atoms with Crippen molar-refractivity contribution >= 4 is 5.69 Å². The lowest BCUT2D eigenvalue weighted by Gasteiger charge is -2.26. The maximum Gasteiger partial charge on any atom is 0.310 e. The lowest BCUT2D eigenvalue weighted by atomic mass is 10.1. The monoisotopic (exact) mass is 264 g/mol. The lowest BCUT2D eigenvalue weighted by molar-refractivity contribution is -0.385. The molecule has 0 unspecified atom stereocenters. The molecule has 0 aliphatic carbocycles. The first kappa shape index (κ1) is 13.8. The molecule has 1 heterocycles. The van der Waals surface area contributed by atoms with E-state index in [4.69, 9.17) is 4.74 Å². The Kier molecular flexibility index (Phi) is 5.15. The molecule has 0 radical (unpaired) electrons. The van der Waals surface area contributed by atoms with E-state index in [0.29, 0.717) is 12.4 Å². The molecule has 19 heavy (non-hydrogen) atoms. The maximum absolute atomic E-state index is 10.8. The molecule has 0 bridgehead atoms. The third kappa shape index (κ3) is 4.21. The second-order valence-electron chi connectivity index (χ2n) is 4.83. The van der Waals surface area contributed by atoms with Gasteiger partial charge in [-0.05, 0) is 38.4 Å². The van der Waals surface area contributed by atoms with Crippen LogP contribution in [0.1, 0.15) is 25.7 Å². The third-order valence-corrected chi connectivity index (χ3v) is 3.39. The van der Waals surface area contributed by atoms with Gasteiger partial charge in [0.2, 0.25) is 0 Å². The van der Waals surface area contributed by atoms with E-state index in [9.17, 15) is 10.1 Å². The first-order chi connectivity index (χ1) is 9.27. The molecule has 1 aliphatic heterocycles. The average Bonchev–Trinajstić information content (AvgIpc) is 2.45. The number of ether oxygens (including phenoxy) is 1. The molecule has 0 aromatic heterocycles. The van der Waals surface area contributed by atoms with Crippen LogP contribution in [0, 0.1) is 10.1 Å². The molecule has 0 saturated carbocycles. The fourth-order valence-corrected chi connectivity index (χ4v) is 2.38. The van der Waals surface area contributed by atoms with Gasteiger partial charge in [-0.3, -0.25) is 10.1 Å². The van der Waals surface area contributed by atoms with Gasteiger partial charge in [0.25, 0.3) is 0 Å². The minimum absolute atomic E-state index is 0.0421. The van der Waals surface area contributed by atoms with Gasteiger partial charge in [-0.25, -0.2) is 0 Å². The van der Waals surface area contributed by atoms with Crippen molar-refractivity contribution in [2.45, 2.75) is 25.7 Å². The van der Waals surface area contributed by atoms with E-state index in [1.165, 1.54) is 38.4 Å². The SMILES string of the molecule is O=[N+]([O-])c1ccccc1OCCCN1CCCCC1. The number of piperidine rings is 1. The van der Waals surface area contributed by atoms with Gasteiger partial charge >= 0.3 is 5.69 Å². The molecular formula is C14H20N2O3. The second-order valence-corrected chi connectivity index (χ2v) is 4.83. The molecule has 0 atom stereocenters. The van der Waals surface area contributed by atoms with E-state index >= 15 is 0 Å². The van der Waals surface area contributed by atoms with Gasteiger partial charge in [0.15, 0.2) is 5.75 Å². The minimum Gasteiger partial charge on any atom is -0.487 e. The zero-order chi connectivity index (χ0) is 13.5. The number of hydrogen-bond donors (Lipinski definition) is 0. The number of nitro benzene ring substituents is 1. The van der Waals surface area contributed by atoms with Crippen LogP contribution in [0.2, 0.25) is 0 Å². The largest absolute Gasteiger partial charge is 0.487 e. The number of para-hydroxylation sites is 2. The lowest BCUT2D eigenvalue weighted by Crippen LogP contribution is -2.31. The van der Waals surface area contributed by atoms with Crippen molar-refractivity contribution in [1.82, 2.24) is 4.90 Å². The van der Waals surface area contributed by atoms with Gasteiger partial charge in [-0.15, -0.1) is 0 Å². The van der Waals surface area contributed by atoms with Gasteiger partial charge in [0.05, 0.1) is 11.5 Å². The number of hydrogen-bond acceptors (Lipinski definition) is 4. The van der Waals surface area contributed by atoms with Gasteiger partial charge in [-0.1, -0.05) is 18.6 Å². The first-order valence-electron chi connectivity index (χ1n) is 6.86. The molecular weight excluding hydrogens is 244 g/mol. The Morgan fingerprint density at radius 2 is 1.95 bits per heavy atom. The zero-order valence-electron chi connectivity index (χ0n) is 11.1. The highest BCUT2D eigenvalue weighted by Gasteiger charge is 2.14. The Labute approximate surface area is 113 Å². The van der Waals surface area contributed by atoms with Crippen molar-refractivity contribution in [2.75, 3.05) is 26.2 Å². The van der Waals surface area contributed by atoms with E-state index < -0.39 is 4.92 Å². The number of benzene rings is 1. The van der Waals surface area contributed by atoms with Crippen LogP contribution >= 0.6 is 0 Å². The predicted octanol–water partition coefficient (Wildman–Crippen LogP) is 2.85. The van der Waals surface area contributed by atoms with Crippen LogP contribution in [0.5, 0.6) is 5.75 Å². The third-order valence-electron chi connectivity index (χ3n) is 3.39.